The highest BCUT2D eigenvalue weighted by molar-refractivity contribution is 6.30. The molecule has 1 aromatic heterocycles. The molecule has 24 heavy (non-hydrogen) atoms. The van der Waals surface area contributed by atoms with Crippen LogP contribution >= 0.6 is 11.6 Å². The number of hydrogen-bond acceptors (Lipinski definition) is 5. The molecule has 1 aliphatic heterocycles. The minimum atomic E-state index is -0.246. The van der Waals surface area contributed by atoms with Crippen LogP contribution in [0.2, 0.25) is 5.02 Å². The van der Waals surface area contributed by atoms with Gasteiger partial charge in [-0.15, -0.1) is 0 Å². The normalized spacial score (nSPS) is 20.4. The van der Waals surface area contributed by atoms with E-state index in [9.17, 15) is 4.39 Å². The van der Waals surface area contributed by atoms with Crippen molar-refractivity contribution >= 4 is 11.6 Å². The lowest BCUT2D eigenvalue weighted by Crippen LogP contribution is -2.26. The summed E-state index contributed by atoms with van der Waals surface area (Å²) in [5.41, 5.74) is 8.13. The van der Waals surface area contributed by atoms with Crippen LogP contribution in [-0.2, 0) is 0 Å². The van der Waals surface area contributed by atoms with Crippen molar-refractivity contribution in [3.63, 3.8) is 0 Å². The Labute approximate surface area is 142 Å². The quantitative estimate of drug-likeness (QED) is 0.756. The Bertz CT molecular complexity index is 852. The topological polar surface area (TPSA) is 63.0 Å². The Hall–Kier alpha value is -2.28. The summed E-state index contributed by atoms with van der Waals surface area (Å²) in [5, 5.41) is 4.64. The number of benzene rings is 2. The van der Waals surface area contributed by atoms with Crippen LogP contribution in [0.3, 0.4) is 0 Å². The van der Waals surface area contributed by atoms with Crippen molar-refractivity contribution in [1.29, 1.82) is 0 Å². The van der Waals surface area contributed by atoms with E-state index in [4.69, 9.17) is 16.1 Å². The highest BCUT2D eigenvalue weighted by Crippen LogP contribution is 2.31. The highest BCUT2D eigenvalue weighted by atomic mass is 35.5. The summed E-state index contributed by atoms with van der Waals surface area (Å²) in [6.07, 6.45) is 0.725. The molecular weight excluding hydrogens is 331 g/mol. The molecule has 3 aromatic rings. The predicted octanol–water partition coefficient (Wildman–Crippen LogP) is 3.81. The Morgan fingerprint density at radius 1 is 1.08 bits per heavy atom. The largest absolute Gasteiger partial charge is 0.337 e. The minimum Gasteiger partial charge on any atom is -0.337 e. The first-order chi connectivity index (χ1) is 11.7. The van der Waals surface area contributed by atoms with Crippen molar-refractivity contribution in [2.75, 3.05) is 0 Å². The summed E-state index contributed by atoms with van der Waals surface area (Å²) in [4.78, 5) is 4.45. The molecule has 122 valence electrons. The number of aromatic nitrogens is 2. The third-order valence-corrected chi connectivity index (χ3v) is 4.23. The van der Waals surface area contributed by atoms with E-state index in [-0.39, 0.29) is 17.9 Å². The Kier molecular flexibility index (Phi) is 4.02. The van der Waals surface area contributed by atoms with Crippen LogP contribution in [0.25, 0.3) is 11.4 Å². The fraction of sp³-hybridized carbons (Fsp3) is 0.176. The van der Waals surface area contributed by atoms with Crippen LogP contribution in [0, 0.1) is 5.82 Å². The fourth-order valence-corrected chi connectivity index (χ4v) is 2.94. The number of hydrogen-bond donors (Lipinski definition) is 2. The van der Waals surface area contributed by atoms with Crippen molar-refractivity contribution < 1.29 is 8.91 Å². The van der Waals surface area contributed by atoms with Gasteiger partial charge in [-0.25, -0.2) is 15.2 Å². The maximum Gasteiger partial charge on any atom is 0.245 e. The summed E-state index contributed by atoms with van der Waals surface area (Å²) in [6, 6.07) is 13.7. The van der Waals surface area contributed by atoms with Crippen molar-refractivity contribution in [1.82, 2.24) is 21.0 Å². The number of halogens is 2. The molecule has 2 unspecified atom stereocenters. The molecule has 1 aliphatic rings. The number of rotatable bonds is 3. The average molecular weight is 345 g/mol. The van der Waals surface area contributed by atoms with Crippen molar-refractivity contribution in [3.05, 3.63) is 70.8 Å². The molecule has 2 atom stereocenters. The third-order valence-electron chi connectivity index (χ3n) is 4.00. The molecule has 2 N–H and O–H groups in total. The van der Waals surface area contributed by atoms with Gasteiger partial charge >= 0.3 is 0 Å². The smallest absolute Gasteiger partial charge is 0.245 e. The van der Waals surface area contributed by atoms with Gasteiger partial charge in [0.15, 0.2) is 0 Å². The monoisotopic (exact) mass is 344 g/mol. The van der Waals surface area contributed by atoms with Gasteiger partial charge in [-0.05, 0) is 36.2 Å². The molecule has 0 saturated carbocycles. The second-order valence-corrected chi connectivity index (χ2v) is 6.08. The van der Waals surface area contributed by atoms with E-state index in [1.165, 1.54) is 12.1 Å². The Morgan fingerprint density at radius 2 is 1.88 bits per heavy atom. The first-order valence-electron chi connectivity index (χ1n) is 7.55. The lowest BCUT2D eigenvalue weighted by atomic mass is 10.0. The van der Waals surface area contributed by atoms with E-state index < -0.39 is 0 Å². The molecule has 0 radical (unpaired) electrons. The van der Waals surface area contributed by atoms with Crippen LogP contribution in [-0.4, -0.2) is 10.1 Å². The molecule has 0 bridgehead atoms. The molecule has 0 aliphatic carbocycles. The van der Waals surface area contributed by atoms with E-state index in [2.05, 4.69) is 21.0 Å². The van der Waals surface area contributed by atoms with Gasteiger partial charge in [-0.2, -0.15) is 4.98 Å². The third kappa shape index (κ3) is 3.03. The zero-order valence-electron chi connectivity index (χ0n) is 12.5. The van der Waals surface area contributed by atoms with E-state index in [1.54, 1.807) is 24.3 Å². The standard InChI is InChI=1S/C17H14ClFN4O/c18-12-3-1-2-11(8-12)16-20-17(24-23-16)15-9-14(21-22-15)10-4-6-13(19)7-5-10/h1-8,14-15,21-22H,9H2. The first-order valence-corrected chi connectivity index (χ1v) is 7.93. The molecule has 4 rings (SSSR count). The lowest BCUT2D eigenvalue weighted by Gasteiger charge is -2.08. The van der Waals surface area contributed by atoms with Gasteiger partial charge in [-0.1, -0.05) is 41.0 Å². The molecule has 2 heterocycles. The van der Waals surface area contributed by atoms with Crippen molar-refractivity contribution in [2.45, 2.75) is 18.5 Å². The van der Waals surface area contributed by atoms with Crippen LogP contribution in [0.15, 0.2) is 53.1 Å². The minimum absolute atomic E-state index is 0.0529. The second-order valence-electron chi connectivity index (χ2n) is 5.65. The molecule has 5 nitrogen and oxygen atoms in total. The fourth-order valence-electron chi connectivity index (χ4n) is 2.75. The summed E-state index contributed by atoms with van der Waals surface area (Å²) in [5.74, 6) is 0.756. The van der Waals surface area contributed by atoms with Gasteiger partial charge in [0.05, 0.1) is 0 Å². The average Bonchev–Trinajstić information content (AvgIpc) is 3.25. The van der Waals surface area contributed by atoms with Gasteiger partial charge in [0.1, 0.15) is 11.9 Å². The second kappa shape index (κ2) is 6.32. The van der Waals surface area contributed by atoms with Crippen LogP contribution in [0.1, 0.15) is 30.0 Å². The maximum atomic E-state index is 13.0. The molecule has 1 saturated heterocycles. The van der Waals surface area contributed by atoms with Crippen LogP contribution < -0.4 is 10.9 Å². The summed E-state index contributed by atoms with van der Waals surface area (Å²) < 4.78 is 18.4. The number of nitrogens with zero attached hydrogens (tertiary/aromatic N) is 2. The molecule has 0 amide bonds. The van der Waals surface area contributed by atoms with Gasteiger partial charge in [0.2, 0.25) is 11.7 Å². The van der Waals surface area contributed by atoms with Gasteiger partial charge < -0.3 is 4.52 Å². The highest BCUT2D eigenvalue weighted by Gasteiger charge is 2.30. The van der Waals surface area contributed by atoms with Crippen molar-refractivity contribution in [3.8, 4) is 11.4 Å². The zero-order chi connectivity index (χ0) is 16.5. The first kappa shape index (κ1) is 15.3. The molecule has 7 heteroatoms. The molecular formula is C17H14ClFN4O. The predicted molar refractivity (Wildman–Crippen MR) is 87.5 cm³/mol. The van der Waals surface area contributed by atoms with E-state index >= 15 is 0 Å². The number of hydrazine groups is 1. The zero-order valence-corrected chi connectivity index (χ0v) is 13.3. The van der Waals surface area contributed by atoms with Gasteiger partial charge in [0, 0.05) is 16.6 Å². The van der Waals surface area contributed by atoms with E-state index in [0.717, 1.165) is 17.5 Å². The molecule has 1 fully saturated rings. The summed E-state index contributed by atoms with van der Waals surface area (Å²) >= 11 is 5.99. The number of nitrogens with one attached hydrogen (secondary N) is 2. The summed E-state index contributed by atoms with van der Waals surface area (Å²) in [6.45, 7) is 0. The Morgan fingerprint density at radius 3 is 2.67 bits per heavy atom. The molecule has 0 spiro atoms. The van der Waals surface area contributed by atoms with Crippen molar-refractivity contribution in [2.24, 2.45) is 0 Å². The van der Waals surface area contributed by atoms with Crippen LogP contribution in [0.5, 0.6) is 0 Å². The van der Waals surface area contributed by atoms with Crippen LogP contribution in [0.4, 0.5) is 4.39 Å². The maximum absolute atomic E-state index is 13.0. The van der Waals surface area contributed by atoms with E-state index in [1.807, 2.05) is 12.1 Å². The molecule has 2 aromatic carbocycles. The summed E-state index contributed by atoms with van der Waals surface area (Å²) in [7, 11) is 0. The van der Waals surface area contributed by atoms with Gasteiger partial charge in [0.25, 0.3) is 0 Å². The lowest BCUT2D eigenvalue weighted by molar-refractivity contribution is 0.340. The Balaban J connectivity index is 1.50. The SMILES string of the molecule is Fc1ccc(C2CC(c3nc(-c4cccc(Cl)c4)no3)NN2)cc1. The van der Waals surface area contributed by atoms with E-state index in [0.29, 0.717) is 16.7 Å². The van der Waals surface area contributed by atoms with Gasteiger partial charge in [-0.3, -0.25) is 0 Å².